The molecule has 3 rings (SSSR count). The normalized spacial score (nSPS) is 27.5. The molecular formula is C14H19BrN2O2S. The van der Waals surface area contributed by atoms with Gasteiger partial charge in [-0.05, 0) is 49.9 Å². The van der Waals surface area contributed by atoms with Gasteiger partial charge in [-0.25, -0.2) is 8.42 Å². The van der Waals surface area contributed by atoms with Crippen molar-refractivity contribution in [3.05, 3.63) is 28.2 Å². The molecule has 4 nitrogen and oxygen atoms in total. The molecular weight excluding hydrogens is 340 g/mol. The Bertz CT molecular complexity index is 618. The highest BCUT2D eigenvalue weighted by atomic mass is 79.9. The van der Waals surface area contributed by atoms with E-state index in [1.54, 1.807) is 16.4 Å². The molecule has 110 valence electrons. The first-order chi connectivity index (χ1) is 9.46. The Balaban J connectivity index is 1.91. The summed E-state index contributed by atoms with van der Waals surface area (Å²) in [6, 6.07) is 6.15. The monoisotopic (exact) mass is 358 g/mol. The molecule has 0 aliphatic carbocycles. The van der Waals surface area contributed by atoms with Crippen molar-refractivity contribution in [2.45, 2.75) is 43.2 Å². The van der Waals surface area contributed by atoms with Crippen molar-refractivity contribution in [2.24, 2.45) is 0 Å². The van der Waals surface area contributed by atoms with Gasteiger partial charge in [-0.1, -0.05) is 15.9 Å². The minimum atomic E-state index is -3.38. The number of nitrogens with zero attached hydrogens (tertiary/aromatic N) is 1. The van der Waals surface area contributed by atoms with E-state index in [0.29, 0.717) is 30.1 Å². The van der Waals surface area contributed by atoms with E-state index in [-0.39, 0.29) is 0 Å². The molecule has 6 heteroatoms. The van der Waals surface area contributed by atoms with Crippen LogP contribution in [0, 0.1) is 6.92 Å². The highest BCUT2D eigenvalue weighted by Gasteiger charge is 2.35. The predicted molar refractivity (Wildman–Crippen MR) is 82.2 cm³/mol. The summed E-state index contributed by atoms with van der Waals surface area (Å²) < 4.78 is 28.2. The maximum atomic E-state index is 12.8. The van der Waals surface area contributed by atoms with Crippen LogP contribution in [0.25, 0.3) is 0 Å². The quantitative estimate of drug-likeness (QED) is 0.882. The Labute approximate surface area is 128 Å². The molecule has 2 bridgehead atoms. The number of hydrogen-bond acceptors (Lipinski definition) is 3. The number of benzene rings is 1. The summed E-state index contributed by atoms with van der Waals surface area (Å²) in [6.45, 7) is 3.06. The van der Waals surface area contributed by atoms with E-state index in [4.69, 9.17) is 0 Å². The van der Waals surface area contributed by atoms with Crippen LogP contribution in [-0.2, 0) is 10.0 Å². The number of halogens is 1. The summed E-state index contributed by atoms with van der Waals surface area (Å²) in [7, 11) is -3.38. The van der Waals surface area contributed by atoms with Crippen molar-refractivity contribution in [3.8, 4) is 0 Å². The minimum Gasteiger partial charge on any atom is -0.310 e. The lowest BCUT2D eigenvalue weighted by Gasteiger charge is -2.24. The Kier molecular flexibility index (Phi) is 3.92. The second-order valence-corrected chi connectivity index (χ2v) is 8.52. The average molecular weight is 359 g/mol. The molecule has 2 aliphatic rings. The number of fused-ring (bicyclic) bond motifs is 2. The number of sulfonamides is 1. The molecule has 0 amide bonds. The highest BCUT2D eigenvalue weighted by Crippen LogP contribution is 2.27. The minimum absolute atomic E-state index is 0.313. The molecule has 2 saturated heterocycles. The second-order valence-electron chi connectivity index (χ2n) is 5.70. The number of aryl methyl sites for hydroxylation is 1. The Morgan fingerprint density at radius 3 is 2.75 bits per heavy atom. The van der Waals surface area contributed by atoms with Gasteiger partial charge in [0, 0.05) is 29.6 Å². The van der Waals surface area contributed by atoms with E-state index in [2.05, 4.69) is 21.2 Å². The van der Waals surface area contributed by atoms with Crippen molar-refractivity contribution < 1.29 is 8.42 Å². The molecule has 1 N–H and O–H groups in total. The van der Waals surface area contributed by atoms with Gasteiger partial charge in [0.1, 0.15) is 0 Å². The van der Waals surface area contributed by atoms with Crippen LogP contribution in [0.1, 0.15) is 24.8 Å². The zero-order valence-electron chi connectivity index (χ0n) is 11.5. The first kappa shape index (κ1) is 14.5. The third-order valence-corrected chi connectivity index (χ3v) is 6.76. The van der Waals surface area contributed by atoms with Gasteiger partial charge in [-0.3, -0.25) is 0 Å². The molecule has 1 aromatic rings. The molecule has 0 saturated carbocycles. The van der Waals surface area contributed by atoms with Crippen LogP contribution in [0.15, 0.2) is 27.6 Å². The fraction of sp³-hybridized carbons (Fsp3) is 0.571. The average Bonchev–Trinajstić information content (AvgIpc) is 2.67. The number of rotatable bonds is 2. The Morgan fingerprint density at radius 1 is 1.25 bits per heavy atom. The third-order valence-electron chi connectivity index (χ3n) is 4.24. The van der Waals surface area contributed by atoms with E-state index >= 15 is 0 Å². The molecule has 2 fully saturated rings. The molecule has 2 atom stereocenters. The molecule has 20 heavy (non-hydrogen) atoms. The molecule has 0 spiro atoms. The predicted octanol–water partition coefficient (Wildman–Crippen LogP) is 2.27. The van der Waals surface area contributed by atoms with Crippen LogP contribution in [0.2, 0.25) is 0 Å². The van der Waals surface area contributed by atoms with Crippen molar-refractivity contribution in [1.29, 1.82) is 0 Å². The lowest BCUT2D eigenvalue weighted by atomic mass is 10.1. The van der Waals surface area contributed by atoms with Crippen LogP contribution in [-0.4, -0.2) is 37.9 Å². The van der Waals surface area contributed by atoms with Crippen molar-refractivity contribution in [2.75, 3.05) is 13.1 Å². The topological polar surface area (TPSA) is 49.4 Å². The van der Waals surface area contributed by atoms with Gasteiger partial charge >= 0.3 is 0 Å². The summed E-state index contributed by atoms with van der Waals surface area (Å²) in [6.07, 6.45) is 3.16. The molecule has 0 radical (unpaired) electrons. The summed E-state index contributed by atoms with van der Waals surface area (Å²) in [4.78, 5) is 0.429. The second kappa shape index (κ2) is 5.40. The van der Waals surface area contributed by atoms with Gasteiger partial charge in [0.2, 0.25) is 10.0 Å². The lowest BCUT2D eigenvalue weighted by molar-refractivity contribution is 0.383. The summed E-state index contributed by atoms with van der Waals surface area (Å²) in [5.41, 5.74) is 0.793. The highest BCUT2D eigenvalue weighted by molar-refractivity contribution is 9.10. The van der Waals surface area contributed by atoms with Crippen molar-refractivity contribution in [1.82, 2.24) is 9.62 Å². The molecule has 0 aromatic heterocycles. The Morgan fingerprint density at radius 2 is 2.00 bits per heavy atom. The third kappa shape index (κ3) is 2.66. The zero-order valence-corrected chi connectivity index (χ0v) is 13.9. The zero-order chi connectivity index (χ0) is 14.3. The van der Waals surface area contributed by atoms with Crippen LogP contribution in [0.3, 0.4) is 0 Å². The van der Waals surface area contributed by atoms with E-state index in [1.165, 1.54) is 6.42 Å². The molecule has 2 heterocycles. The number of nitrogens with one attached hydrogen (secondary N) is 1. The fourth-order valence-electron chi connectivity index (χ4n) is 3.17. The van der Waals surface area contributed by atoms with Gasteiger partial charge in [-0.2, -0.15) is 4.31 Å². The van der Waals surface area contributed by atoms with E-state index in [0.717, 1.165) is 22.9 Å². The lowest BCUT2D eigenvalue weighted by Crippen LogP contribution is -2.39. The van der Waals surface area contributed by atoms with Crippen LogP contribution >= 0.6 is 15.9 Å². The van der Waals surface area contributed by atoms with Crippen molar-refractivity contribution >= 4 is 26.0 Å². The fourth-order valence-corrected chi connectivity index (χ4v) is 5.35. The molecule has 1 aromatic carbocycles. The van der Waals surface area contributed by atoms with Gasteiger partial charge < -0.3 is 5.32 Å². The first-order valence-corrected chi connectivity index (χ1v) is 9.22. The van der Waals surface area contributed by atoms with E-state index < -0.39 is 10.0 Å². The largest absolute Gasteiger partial charge is 0.310 e. The summed E-state index contributed by atoms with van der Waals surface area (Å²) in [5.74, 6) is 0. The maximum Gasteiger partial charge on any atom is 0.243 e. The maximum absolute atomic E-state index is 12.8. The van der Waals surface area contributed by atoms with Crippen LogP contribution in [0.4, 0.5) is 0 Å². The molecule has 2 unspecified atom stereocenters. The summed E-state index contributed by atoms with van der Waals surface area (Å²) >= 11 is 3.38. The first-order valence-electron chi connectivity index (χ1n) is 6.99. The van der Waals surface area contributed by atoms with Gasteiger partial charge in [0.25, 0.3) is 0 Å². The van der Waals surface area contributed by atoms with E-state index in [1.807, 2.05) is 13.0 Å². The SMILES string of the molecule is Cc1cc(Br)ccc1S(=O)(=O)N1CCC2CCC(C1)N2. The van der Waals surface area contributed by atoms with Crippen LogP contribution < -0.4 is 5.32 Å². The van der Waals surface area contributed by atoms with Crippen molar-refractivity contribution in [3.63, 3.8) is 0 Å². The van der Waals surface area contributed by atoms with Gasteiger partial charge in [0.15, 0.2) is 0 Å². The molecule has 2 aliphatic heterocycles. The van der Waals surface area contributed by atoms with Gasteiger partial charge in [0.05, 0.1) is 4.90 Å². The number of hydrogen-bond donors (Lipinski definition) is 1. The van der Waals surface area contributed by atoms with Crippen LogP contribution in [0.5, 0.6) is 0 Å². The smallest absolute Gasteiger partial charge is 0.243 e. The standard InChI is InChI=1S/C14H19BrN2O2S/c1-10-8-11(15)2-5-14(10)20(18,19)17-7-6-12-3-4-13(9-17)16-12/h2,5,8,12-13,16H,3-4,6-7,9H2,1H3. The van der Waals surface area contributed by atoms with Gasteiger partial charge in [-0.15, -0.1) is 0 Å². The van der Waals surface area contributed by atoms with E-state index in [9.17, 15) is 8.42 Å². The summed E-state index contributed by atoms with van der Waals surface area (Å²) in [5, 5.41) is 3.52. The Hall–Kier alpha value is -0.430.